The summed E-state index contributed by atoms with van der Waals surface area (Å²) in [5.74, 6) is 0. The molecule has 0 saturated heterocycles. The molecule has 5 N–H and O–H groups in total. The van der Waals surface area contributed by atoms with Crippen molar-refractivity contribution in [1.29, 1.82) is 0 Å². The zero-order valence-corrected chi connectivity index (χ0v) is 19.4. The first kappa shape index (κ1) is 26.0. The second kappa shape index (κ2) is 12.5. The van der Waals surface area contributed by atoms with Gasteiger partial charge in [-0.05, 0) is 23.8 Å². The third-order valence-electron chi connectivity index (χ3n) is 3.89. The van der Waals surface area contributed by atoms with Gasteiger partial charge in [-0.2, -0.15) is 0 Å². The fraction of sp³-hybridized carbons (Fsp3) is 0. The molecule has 0 amide bonds. The molecule has 0 aromatic carbocycles. The van der Waals surface area contributed by atoms with Gasteiger partial charge in [0.2, 0.25) is 0 Å². The molecule has 0 spiro atoms. The molecule has 28 heavy (non-hydrogen) atoms. The van der Waals surface area contributed by atoms with Crippen molar-refractivity contribution in [3.8, 4) is 33.6 Å². The first-order chi connectivity index (χ1) is 11.9. The van der Waals surface area contributed by atoms with Crippen molar-refractivity contribution >= 4 is 0 Å². The van der Waals surface area contributed by atoms with Crippen molar-refractivity contribution in [1.82, 2.24) is 4.98 Å². The van der Waals surface area contributed by atoms with Crippen LogP contribution in [-0.4, -0.2) is 10.5 Å². The van der Waals surface area contributed by atoms with Gasteiger partial charge in [-0.1, -0.05) is 0 Å². The van der Waals surface area contributed by atoms with E-state index in [-0.39, 0.29) is 56.4 Å². The highest BCUT2D eigenvalue weighted by Gasteiger charge is 2.10. The summed E-state index contributed by atoms with van der Waals surface area (Å²) in [5, 5.41) is 0. The Morgan fingerprint density at radius 3 is 1.46 bits per heavy atom. The van der Waals surface area contributed by atoms with Crippen LogP contribution in [0.3, 0.4) is 0 Å². The van der Waals surface area contributed by atoms with Crippen molar-refractivity contribution < 1.29 is 71.4 Å². The lowest BCUT2D eigenvalue weighted by atomic mass is 10.0. The van der Waals surface area contributed by atoms with E-state index in [0.29, 0.717) is 0 Å². The Labute approximate surface area is 195 Å². The maximum absolute atomic E-state index is 4.86. The van der Waals surface area contributed by atoms with Crippen LogP contribution in [0.25, 0.3) is 33.6 Å². The fourth-order valence-electron chi connectivity index (χ4n) is 2.68. The molecular formula is C20H19Br3N4O. The molecule has 0 aliphatic rings. The number of rotatable bonds is 3. The number of pyridine rings is 4. The zero-order valence-electron chi connectivity index (χ0n) is 14.7. The van der Waals surface area contributed by atoms with E-state index in [1.807, 2.05) is 67.5 Å². The molecule has 4 heterocycles. The van der Waals surface area contributed by atoms with Crippen LogP contribution in [-0.2, 0) is 0 Å². The third kappa shape index (κ3) is 6.00. The molecule has 0 atom stereocenters. The zero-order chi connectivity index (χ0) is 16.2. The van der Waals surface area contributed by atoms with Gasteiger partial charge in [0.05, 0.1) is 11.4 Å². The smallest absolute Gasteiger partial charge is 0.174 e. The highest BCUT2D eigenvalue weighted by molar-refractivity contribution is 5.75. The second-order valence-electron chi connectivity index (χ2n) is 5.50. The number of hydrogen-bond donors (Lipinski definition) is 0. The summed E-state index contributed by atoms with van der Waals surface area (Å²) in [6.45, 7) is 0. The number of halogens is 3. The van der Waals surface area contributed by atoms with Gasteiger partial charge in [0.1, 0.15) is 0 Å². The van der Waals surface area contributed by atoms with E-state index in [2.05, 4.69) is 33.2 Å². The molecule has 4 rings (SSSR count). The highest BCUT2D eigenvalue weighted by Crippen LogP contribution is 2.28. The monoisotopic (exact) mass is 568 g/mol. The molecule has 0 unspecified atom stereocenters. The molecule has 0 bridgehead atoms. The average molecular weight is 571 g/mol. The molecule has 4 aromatic heterocycles. The molecule has 0 radical (unpaired) electrons. The van der Waals surface area contributed by atoms with Crippen LogP contribution in [0.5, 0.6) is 0 Å². The molecule has 146 valence electrons. The minimum atomic E-state index is 0. The number of hydrogen-bond acceptors (Lipinski definition) is 1. The van der Waals surface area contributed by atoms with E-state index in [4.69, 9.17) is 4.98 Å². The van der Waals surface area contributed by atoms with E-state index < -0.39 is 0 Å². The number of aromatic nitrogens is 4. The highest BCUT2D eigenvalue weighted by atomic mass is 79.9. The largest absolute Gasteiger partial charge is 1.00 e. The Hall–Kier alpha value is -2.00. The van der Waals surface area contributed by atoms with Gasteiger partial charge in [-0.25, -0.2) is 19.9 Å². The Bertz CT molecular complexity index is 819. The predicted molar refractivity (Wildman–Crippen MR) is 93.8 cm³/mol. The van der Waals surface area contributed by atoms with E-state index >= 15 is 0 Å². The summed E-state index contributed by atoms with van der Waals surface area (Å²) >= 11 is 0. The lowest BCUT2D eigenvalue weighted by Gasteiger charge is -2.08. The normalized spacial score (nSPS) is 9.00. The van der Waals surface area contributed by atoms with Crippen molar-refractivity contribution in [3.63, 3.8) is 0 Å². The Morgan fingerprint density at radius 2 is 1.04 bits per heavy atom. The third-order valence-corrected chi connectivity index (χ3v) is 3.89. The van der Waals surface area contributed by atoms with Crippen LogP contribution in [0.2, 0.25) is 0 Å². The van der Waals surface area contributed by atoms with Crippen molar-refractivity contribution in [2.24, 2.45) is 0 Å². The van der Waals surface area contributed by atoms with Crippen LogP contribution in [0.15, 0.2) is 85.7 Å². The van der Waals surface area contributed by atoms with Crippen LogP contribution >= 0.6 is 0 Å². The van der Waals surface area contributed by atoms with Crippen LogP contribution in [0.1, 0.15) is 0 Å². The molecule has 0 aliphatic carbocycles. The summed E-state index contributed by atoms with van der Waals surface area (Å²) in [6, 6.07) is 16.5. The van der Waals surface area contributed by atoms with E-state index in [0.717, 1.165) is 33.6 Å². The van der Waals surface area contributed by atoms with Crippen LogP contribution in [0, 0.1) is 0 Å². The van der Waals surface area contributed by atoms with E-state index in [9.17, 15) is 0 Å². The van der Waals surface area contributed by atoms with E-state index in [1.54, 1.807) is 0 Å². The summed E-state index contributed by atoms with van der Waals surface area (Å²) < 4.78 is 0. The van der Waals surface area contributed by atoms with E-state index in [1.165, 1.54) is 0 Å². The lowest BCUT2D eigenvalue weighted by molar-refractivity contribution is -0.378. The Kier molecular flexibility index (Phi) is 11.6. The first-order valence-electron chi connectivity index (χ1n) is 7.82. The summed E-state index contributed by atoms with van der Waals surface area (Å²) in [6.07, 6.45) is 11.6. The van der Waals surface area contributed by atoms with Crippen molar-refractivity contribution in [3.05, 3.63) is 85.7 Å². The topological polar surface area (TPSA) is 86.8 Å². The molecular weight excluding hydrogens is 552 g/mol. The van der Waals surface area contributed by atoms with Gasteiger partial charge >= 0.3 is 0 Å². The number of aromatic amines is 3. The molecule has 0 fully saturated rings. The minimum absolute atomic E-state index is 0. The molecule has 4 aromatic rings. The van der Waals surface area contributed by atoms with Gasteiger partial charge in [0, 0.05) is 47.0 Å². The fourth-order valence-corrected chi connectivity index (χ4v) is 2.68. The predicted octanol–water partition coefficient (Wildman–Crippen LogP) is -7.29. The van der Waals surface area contributed by atoms with Gasteiger partial charge in [0.25, 0.3) is 0 Å². The van der Waals surface area contributed by atoms with Crippen molar-refractivity contribution in [2.45, 2.75) is 0 Å². The standard InChI is InChI=1S/C20H14N4.3BrH.H2O/c1-2-17(14-23-7-1)18-12-19(15-3-8-21-9-4-15)24-20(13-18)16-5-10-22-11-6-16;;;;/h1-14H;3*1H;1H2. The molecule has 0 aliphatic heterocycles. The number of nitrogens with one attached hydrogen (secondary N) is 3. The molecule has 5 nitrogen and oxygen atoms in total. The Morgan fingerprint density at radius 1 is 0.536 bits per heavy atom. The maximum Gasteiger partial charge on any atom is 0.174 e. The molecule has 0 saturated carbocycles. The number of nitrogens with zero attached hydrogens (tertiary/aromatic N) is 1. The van der Waals surface area contributed by atoms with Crippen molar-refractivity contribution in [2.75, 3.05) is 0 Å². The van der Waals surface area contributed by atoms with Gasteiger partial charge in [-0.15, -0.1) is 0 Å². The number of H-pyrrole nitrogens is 3. The maximum atomic E-state index is 4.86. The van der Waals surface area contributed by atoms with Gasteiger partial charge < -0.3 is 56.4 Å². The minimum Gasteiger partial charge on any atom is -1.00 e. The summed E-state index contributed by atoms with van der Waals surface area (Å²) in [5.41, 5.74) is 6.33. The summed E-state index contributed by atoms with van der Waals surface area (Å²) in [7, 11) is 0. The first-order valence-corrected chi connectivity index (χ1v) is 7.82. The Balaban J connectivity index is 0.00000182. The second-order valence-corrected chi connectivity index (χ2v) is 5.50. The lowest BCUT2D eigenvalue weighted by Crippen LogP contribution is -3.00. The summed E-state index contributed by atoms with van der Waals surface area (Å²) in [4.78, 5) is 14.1. The van der Waals surface area contributed by atoms with Crippen LogP contribution < -0.4 is 65.9 Å². The average Bonchev–Trinajstić information content (AvgIpc) is 2.70. The van der Waals surface area contributed by atoms with Gasteiger partial charge in [0.15, 0.2) is 37.2 Å². The molecule has 8 heteroatoms. The van der Waals surface area contributed by atoms with Gasteiger partial charge in [-0.3, -0.25) is 0 Å². The quantitative estimate of drug-likeness (QED) is 0.241. The SMILES string of the molecule is O.[Br-].[Br-].[Br-].c1c[nH+]cc(-c2cc(-c3cc[nH+]cc3)nc(-c3cc[nH+]cc3)c2)c1. The van der Waals surface area contributed by atoms with Crippen LogP contribution in [0.4, 0.5) is 0 Å².